The maximum absolute atomic E-state index is 2.44. The van der Waals surface area contributed by atoms with Gasteiger partial charge in [-0.05, 0) is 140 Å². The molecule has 0 aliphatic rings. The van der Waals surface area contributed by atoms with Crippen molar-refractivity contribution in [3.8, 4) is 22.3 Å². The molecule has 10 rings (SSSR count). The summed E-state index contributed by atoms with van der Waals surface area (Å²) in [6.07, 6.45) is 0. The topological polar surface area (TPSA) is 3.24 Å². The molecule has 10 aromatic rings. The Morgan fingerprint density at radius 1 is 0.358 bits per heavy atom. The Kier molecular flexibility index (Phi) is 7.13. The minimum Gasteiger partial charge on any atom is -0.309 e. The summed E-state index contributed by atoms with van der Waals surface area (Å²) in [4.78, 5) is 2.44. The highest BCUT2D eigenvalue weighted by Gasteiger charge is 2.23. The lowest BCUT2D eigenvalue weighted by atomic mass is 9.85. The summed E-state index contributed by atoms with van der Waals surface area (Å²) < 4.78 is 0. The van der Waals surface area contributed by atoms with Gasteiger partial charge in [0.1, 0.15) is 0 Å². The van der Waals surface area contributed by atoms with Crippen LogP contribution in [0.5, 0.6) is 0 Å². The lowest BCUT2D eigenvalue weighted by Gasteiger charge is -2.29. The second-order valence-corrected chi connectivity index (χ2v) is 14.8. The molecule has 0 bridgehead atoms. The number of anilines is 3. The van der Waals surface area contributed by atoms with Gasteiger partial charge in [-0.3, -0.25) is 0 Å². The van der Waals surface area contributed by atoms with E-state index in [1.54, 1.807) is 0 Å². The van der Waals surface area contributed by atoms with E-state index in [-0.39, 0.29) is 0 Å². The number of nitrogens with zero attached hydrogens (tertiary/aromatic N) is 1. The molecule has 53 heavy (non-hydrogen) atoms. The normalized spacial score (nSPS) is 11.8. The first-order valence-corrected chi connectivity index (χ1v) is 18.6. The molecule has 0 aliphatic heterocycles. The molecule has 0 spiro atoms. The molecule has 0 fully saturated rings. The number of benzene rings is 10. The Labute approximate surface area is 310 Å². The van der Waals surface area contributed by atoms with Crippen molar-refractivity contribution in [2.75, 3.05) is 4.90 Å². The second kappa shape index (κ2) is 12.1. The highest BCUT2D eigenvalue weighted by Crippen LogP contribution is 2.49. The van der Waals surface area contributed by atoms with Crippen LogP contribution < -0.4 is 4.90 Å². The molecule has 0 heterocycles. The van der Waals surface area contributed by atoms with Gasteiger partial charge in [-0.1, -0.05) is 139 Å². The van der Waals surface area contributed by atoms with Gasteiger partial charge in [0.25, 0.3) is 0 Å². The van der Waals surface area contributed by atoms with Gasteiger partial charge in [-0.25, -0.2) is 0 Å². The monoisotopic (exact) mass is 677 g/mol. The van der Waals surface area contributed by atoms with Gasteiger partial charge in [-0.15, -0.1) is 0 Å². The van der Waals surface area contributed by atoms with E-state index >= 15 is 0 Å². The van der Waals surface area contributed by atoms with E-state index in [4.69, 9.17) is 0 Å². The molecule has 0 amide bonds. The van der Waals surface area contributed by atoms with Crippen LogP contribution in [0.2, 0.25) is 0 Å². The third kappa shape index (κ3) is 4.99. The third-order valence-electron chi connectivity index (χ3n) is 11.2. The van der Waals surface area contributed by atoms with Crippen LogP contribution in [0.1, 0.15) is 22.3 Å². The van der Waals surface area contributed by atoms with Gasteiger partial charge < -0.3 is 4.90 Å². The molecule has 0 N–H and O–H groups in total. The molecule has 252 valence electrons. The van der Waals surface area contributed by atoms with Gasteiger partial charge in [0.15, 0.2) is 0 Å². The van der Waals surface area contributed by atoms with Crippen LogP contribution in [0.25, 0.3) is 76.1 Å². The van der Waals surface area contributed by atoms with Crippen LogP contribution in [0.4, 0.5) is 17.1 Å². The first kappa shape index (κ1) is 31.3. The van der Waals surface area contributed by atoms with Crippen molar-refractivity contribution < 1.29 is 0 Å². The van der Waals surface area contributed by atoms with E-state index in [2.05, 4.69) is 196 Å². The molecular formula is C52H39N. The minimum atomic E-state index is 1.14. The average molecular weight is 678 g/mol. The zero-order chi connectivity index (χ0) is 35.8. The first-order valence-electron chi connectivity index (χ1n) is 18.6. The minimum absolute atomic E-state index is 1.14. The standard InChI is InChI=1S/C52H39N/c1-32-18-22-41(23-19-32)53(40-12-6-5-7-13-40)52-46-16-10-8-14-43(46)50(44-15-9-11-17-47(44)52)39-29-34(3)28-38(31-39)48-30-35(4)42-24-20-36-26-33(2)27-37-21-25-45(48)51(42)49(36)37/h5-31H,1-4H3. The zero-order valence-corrected chi connectivity index (χ0v) is 30.5. The lowest BCUT2D eigenvalue weighted by Crippen LogP contribution is -2.11. The fourth-order valence-corrected chi connectivity index (χ4v) is 8.90. The number of hydrogen-bond acceptors (Lipinski definition) is 1. The molecule has 1 nitrogen and oxygen atoms in total. The van der Waals surface area contributed by atoms with E-state index in [9.17, 15) is 0 Å². The third-order valence-corrected chi connectivity index (χ3v) is 11.2. The van der Waals surface area contributed by atoms with Gasteiger partial charge in [0.2, 0.25) is 0 Å². The van der Waals surface area contributed by atoms with Crippen molar-refractivity contribution in [3.63, 3.8) is 0 Å². The predicted octanol–water partition coefficient (Wildman–Crippen LogP) is 14.9. The van der Waals surface area contributed by atoms with Crippen LogP contribution in [0, 0.1) is 27.7 Å². The van der Waals surface area contributed by atoms with Crippen LogP contribution in [0.3, 0.4) is 0 Å². The van der Waals surface area contributed by atoms with Gasteiger partial charge >= 0.3 is 0 Å². The molecule has 0 radical (unpaired) electrons. The van der Waals surface area contributed by atoms with Crippen molar-refractivity contribution in [1.29, 1.82) is 0 Å². The molecule has 0 saturated heterocycles. The zero-order valence-electron chi connectivity index (χ0n) is 30.5. The number of para-hydroxylation sites is 1. The Morgan fingerprint density at radius 2 is 0.906 bits per heavy atom. The van der Waals surface area contributed by atoms with Gasteiger partial charge in [-0.2, -0.15) is 0 Å². The van der Waals surface area contributed by atoms with Crippen LogP contribution in [-0.4, -0.2) is 0 Å². The molecule has 1 heteroatoms. The first-order chi connectivity index (χ1) is 25.9. The number of fused-ring (bicyclic) bond motifs is 2. The van der Waals surface area contributed by atoms with E-state index in [0.717, 1.165) is 11.4 Å². The summed E-state index contributed by atoms with van der Waals surface area (Å²) in [5.41, 5.74) is 13.6. The maximum Gasteiger partial charge on any atom is 0.0618 e. The van der Waals surface area contributed by atoms with Gasteiger partial charge in [0, 0.05) is 22.1 Å². The fraction of sp³-hybridized carbons (Fsp3) is 0.0769. The highest BCUT2D eigenvalue weighted by molar-refractivity contribution is 6.27. The molecule has 0 saturated carbocycles. The van der Waals surface area contributed by atoms with Crippen molar-refractivity contribution in [3.05, 3.63) is 186 Å². The Bertz CT molecular complexity index is 2950. The molecule has 0 atom stereocenters. The SMILES string of the molecule is Cc1ccc(N(c2ccccc2)c2c3ccccc3c(-c3cc(C)cc(-c4cc(C)c5ccc6cc(C)cc7ccc4c5c67)c3)c3ccccc23)cc1. The summed E-state index contributed by atoms with van der Waals surface area (Å²) in [6, 6.07) is 61.1. The Balaban J connectivity index is 1.26. The van der Waals surface area contributed by atoms with Crippen molar-refractivity contribution in [2.24, 2.45) is 0 Å². The highest BCUT2D eigenvalue weighted by atomic mass is 15.1. The number of rotatable bonds is 5. The van der Waals surface area contributed by atoms with Gasteiger partial charge in [0.05, 0.1) is 5.69 Å². The van der Waals surface area contributed by atoms with E-state index in [1.165, 1.54) is 104 Å². The molecule has 0 unspecified atom stereocenters. The fourth-order valence-electron chi connectivity index (χ4n) is 8.90. The summed E-state index contributed by atoms with van der Waals surface area (Å²) in [5.74, 6) is 0. The number of aryl methyl sites for hydroxylation is 4. The average Bonchev–Trinajstić information content (AvgIpc) is 3.18. The van der Waals surface area contributed by atoms with E-state index in [0.29, 0.717) is 0 Å². The Hall–Kier alpha value is -6.44. The van der Waals surface area contributed by atoms with E-state index < -0.39 is 0 Å². The Morgan fingerprint density at radius 3 is 1.57 bits per heavy atom. The summed E-state index contributed by atoms with van der Waals surface area (Å²) >= 11 is 0. The molecule has 10 aromatic carbocycles. The smallest absolute Gasteiger partial charge is 0.0618 e. The quantitative estimate of drug-likeness (QED) is 0.129. The molecular weight excluding hydrogens is 639 g/mol. The van der Waals surface area contributed by atoms with E-state index in [1.807, 2.05) is 0 Å². The molecule has 0 aliphatic carbocycles. The van der Waals surface area contributed by atoms with Crippen molar-refractivity contribution in [1.82, 2.24) is 0 Å². The summed E-state index contributed by atoms with van der Waals surface area (Å²) in [6.45, 7) is 8.85. The summed E-state index contributed by atoms with van der Waals surface area (Å²) in [5, 5.41) is 12.9. The maximum atomic E-state index is 2.44. The van der Waals surface area contributed by atoms with Crippen LogP contribution in [0.15, 0.2) is 164 Å². The number of hydrogen-bond donors (Lipinski definition) is 0. The molecule has 0 aromatic heterocycles. The van der Waals surface area contributed by atoms with Crippen LogP contribution in [-0.2, 0) is 0 Å². The van der Waals surface area contributed by atoms with Crippen LogP contribution >= 0.6 is 0 Å². The summed E-state index contributed by atoms with van der Waals surface area (Å²) in [7, 11) is 0. The van der Waals surface area contributed by atoms with Crippen molar-refractivity contribution >= 4 is 70.9 Å². The lowest BCUT2D eigenvalue weighted by molar-refractivity contribution is 1.30. The van der Waals surface area contributed by atoms with Crippen molar-refractivity contribution in [2.45, 2.75) is 27.7 Å². The second-order valence-electron chi connectivity index (χ2n) is 14.8. The predicted molar refractivity (Wildman–Crippen MR) is 230 cm³/mol. The largest absolute Gasteiger partial charge is 0.309 e.